The van der Waals surface area contributed by atoms with Crippen LogP contribution in [0.2, 0.25) is 0 Å². The highest BCUT2D eigenvalue weighted by Crippen LogP contribution is 2.27. The summed E-state index contributed by atoms with van der Waals surface area (Å²) in [5.41, 5.74) is 3.01. The molecule has 0 aliphatic rings. The molecule has 6 heteroatoms. The van der Waals surface area contributed by atoms with Crippen LogP contribution in [0.25, 0.3) is 22.4 Å². The van der Waals surface area contributed by atoms with Crippen molar-refractivity contribution in [3.8, 4) is 5.75 Å². The Morgan fingerprint density at radius 3 is 2.81 bits per heavy atom. The van der Waals surface area contributed by atoms with Crippen molar-refractivity contribution in [2.75, 3.05) is 13.3 Å². The average molecular weight is 384 g/mol. The van der Waals surface area contributed by atoms with Crippen molar-refractivity contribution in [1.29, 1.82) is 0 Å². The van der Waals surface area contributed by atoms with E-state index in [-0.39, 0.29) is 6.61 Å². The normalized spacial score (nSPS) is 13.0. The maximum atomic E-state index is 12.3. The zero-order valence-corrected chi connectivity index (χ0v) is 15.8. The van der Waals surface area contributed by atoms with E-state index >= 15 is 0 Å². The van der Waals surface area contributed by atoms with E-state index in [9.17, 15) is 9.50 Å². The number of aromatic nitrogens is 2. The molecule has 0 saturated heterocycles. The third kappa shape index (κ3) is 5.45. The molecule has 1 unspecified atom stereocenters. The molecule has 0 aliphatic heterocycles. The van der Waals surface area contributed by atoms with Gasteiger partial charge in [0.1, 0.15) is 30.1 Å². The number of benzene rings is 1. The lowest BCUT2D eigenvalue weighted by Gasteiger charge is -2.08. The minimum atomic E-state index is -1.10. The number of ether oxygens (including phenoxy) is 1. The van der Waals surface area contributed by atoms with Crippen LogP contribution in [0, 0.1) is 0 Å². The Hall–Kier alpha value is -2.57. The van der Waals surface area contributed by atoms with Crippen LogP contribution < -0.4 is 4.74 Å². The van der Waals surface area contributed by atoms with Crippen molar-refractivity contribution >= 4 is 33.7 Å². The van der Waals surface area contributed by atoms with Crippen molar-refractivity contribution in [2.45, 2.75) is 19.4 Å². The summed E-state index contributed by atoms with van der Waals surface area (Å²) < 4.78 is 18.7. The molecule has 140 valence electrons. The van der Waals surface area contributed by atoms with Gasteiger partial charge in [-0.1, -0.05) is 31.2 Å². The fourth-order valence-electron chi connectivity index (χ4n) is 2.37. The Balaban J connectivity index is 1.63. The van der Waals surface area contributed by atoms with Gasteiger partial charge in [-0.05, 0) is 42.3 Å². The molecular formula is C21H21FN2O2S. The van der Waals surface area contributed by atoms with E-state index in [2.05, 4.69) is 23.0 Å². The molecule has 1 aromatic carbocycles. The second kappa shape index (κ2) is 9.39. The number of aryl methyl sites for hydroxylation is 1. The summed E-state index contributed by atoms with van der Waals surface area (Å²) in [7, 11) is 0. The summed E-state index contributed by atoms with van der Waals surface area (Å²) in [6.07, 6.45) is 9.55. The van der Waals surface area contributed by atoms with E-state index < -0.39 is 12.8 Å². The fraction of sp³-hybridized carbons (Fsp3) is 0.238. The molecule has 0 bridgehead atoms. The number of allylic oxidation sites excluding steroid dienone is 2. The van der Waals surface area contributed by atoms with Gasteiger partial charge in [-0.25, -0.2) is 9.37 Å². The number of fused-ring (bicyclic) bond motifs is 1. The van der Waals surface area contributed by atoms with Gasteiger partial charge in [0.05, 0.1) is 10.2 Å². The molecule has 3 rings (SSSR count). The number of aliphatic hydroxyl groups is 1. The average Bonchev–Trinajstić information content (AvgIpc) is 3.11. The number of thiazole rings is 1. The molecule has 0 spiro atoms. The Bertz CT molecular complexity index is 935. The van der Waals surface area contributed by atoms with Crippen LogP contribution in [-0.2, 0) is 6.42 Å². The third-order valence-electron chi connectivity index (χ3n) is 3.85. The number of hydrogen-bond donors (Lipinski definition) is 1. The Labute approximate surface area is 161 Å². The van der Waals surface area contributed by atoms with Crippen LogP contribution in [0.4, 0.5) is 4.39 Å². The van der Waals surface area contributed by atoms with E-state index in [0.717, 1.165) is 32.9 Å². The van der Waals surface area contributed by atoms with Gasteiger partial charge in [0, 0.05) is 11.9 Å². The van der Waals surface area contributed by atoms with E-state index in [0.29, 0.717) is 5.75 Å². The standard InChI is InChI=1S/C21H21FN2O2S/c1-2-16-8-7-15(13-23-16)5-3-4-6-21-24-19-10-9-18(11-20(19)27-21)26-14-17(25)12-22/h3-11,13,17,25H,2,12,14H2,1H3/b5-3+,6-4+. The number of hydrogen-bond acceptors (Lipinski definition) is 5. The largest absolute Gasteiger partial charge is 0.491 e. The summed E-state index contributed by atoms with van der Waals surface area (Å²) in [6, 6.07) is 9.56. The number of aliphatic hydroxyl groups excluding tert-OH is 1. The molecule has 1 N–H and O–H groups in total. The van der Waals surface area contributed by atoms with Gasteiger partial charge < -0.3 is 9.84 Å². The minimum absolute atomic E-state index is 0.0630. The number of halogens is 1. The van der Waals surface area contributed by atoms with E-state index in [1.54, 1.807) is 17.4 Å². The molecule has 3 aromatic rings. The topological polar surface area (TPSA) is 55.2 Å². The first-order valence-electron chi connectivity index (χ1n) is 8.75. The highest BCUT2D eigenvalue weighted by atomic mass is 32.1. The summed E-state index contributed by atoms with van der Waals surface area (Å²) in [4.78, 5) is 8.92. The maximum Gasteiger partial charge on any atom is 0.121 e. The molecule has 2 heterocycles. The van der Waals surface area contributed by atoms with E-state index in [4.69, 9.17) is 4.74 Å². The lowest BCUT2D eigenvalue weighted by molar-refractivity contribution is 0.0842. The molecular weight excluding hydrogens is 363 g/mol. The Morgan fingerprint density at radius 1 is 1.22 bits per heavy atom. The predicted octanol–water partition coefficient (Wildman–Crippen LogP) is 4.69. The van der Waals surface area contributed by atoms with Gasteiger partial charge in [0.25, 0.3) is 0 Å². The minimum Gasteiger partial charge on any atom is -0.491 e. The summed E-state index contributed by atoms with van der Waals surface area (Å²) in [6.45, 7) is 1.21. The SMILES string of the molecule is CCc1ccc(/C=C/C=C/c2nc3ccc(OCC(O)CF)cc3s2)cn1. The van der Waals surface area contributed by atoms with Gasteiger partial charge in [-0.15, -0.1) is 11.3 Å². The number of rotatable bonds is 8. The van der Waals surface area contributed by atoms with Crippen LogP contribution in [-0.4, -0.2) is 34.5 Å². The molecule has 1 atom stereocenters. The van der Waals surface area contributed by atoms with Crippen LogP contribution in [0.5, 0.6) is 5.75 Å². The zero-order valence-electron chi connectivity index (χ0n) is 15.0. The number of pyridine rings is 1. The number of alkyl halides is 1. The number of nitrogens with zero attached hydrogens (tertiary/aromatic N) is 2. The fourth-order valence-corrected chi connectivity index (χ4v) is 3.28. The van der Waals surface area contributed by atoms with Crippen LogP contribution in [0.3, 0.4) is 0 Å². The first kappa shape index (κ1) is 19.2. The molecule has 0 fully saturated rings. The van der Waals surface area contributed by atoms with E-state index in [1.165, 1.54) is 0 Å². The quantitative estimate of drug-likeness (QED) is 0.573. The van der Waals surface area contributed by atoms with Crippen molar-refractivity contribution in [1.82, 2.24) is 9.97 Å². The highest BCUT2D eigenvalue weighted by Gasteiger charge is 2.06. The van der Waals surface area contributed by atoms with Gasteiger partial charge >= 0.3 is 0 Å². The van der Waals surface area contributed by atoms with Crippen molar-refractivity contribution in [3.63, 3.8) is 0 Å². The first-order chi connectivity index (χ1) is 13.2. The van der Waals surface area contributed by atoms with Gasteiger partial charge in [-0.2, -0.15) is 0 Å². The first-order valence-corrected chi connectivity index (χ1v) is 9.56. The second-order valence-electron chi connectivity index (χ2n) is 5.96. The monoisotopic (exact) mass is 384 g/mol. The van der Waals surface area contributed by atoms with Crippen molar-refractivity contribution < 1.29 is 14.2 Å². The Morgan fingerprint density at radius 2 is 2.07 bits per heavy atom. The summed E-state index contributed by atoms with van der Waals surface area (Å²) in [5.74, 6) is 0.595. The second-order valence-corrected chi connectivity index (χ2v) is 7.02. The molecule has 27 heavy (non-hydrogen) atoms. The van der Waals surface area contributed by atoms with Gasteiger partial charge in [0.2, 0.25) is 0 Å². The van der Waals surface area contributed by atoms with Crippen LogP contribution >= 0.6 is 11.3 Å². The summed E-state index contributed by atoms with van der Waals surface area (Å²) >= 11 is 1.54. The molecule has 2 aromatic heterocycles. The maximum absolute atomic E-state index is 12.3. The lowest BCUT2D eigenvalue weighted by Crippen LogP contribution is -2.19. The van der Waals surface area contributed by atoms with Crippen LogP contribution in [0.1, 0.15) is 23.2 Å². The third-order valence-corrected chi connectivity index (χ3v) is 4.83. The Kier molecular flexibility index (Phi) is 6.68. The van der Waals surface area contributed by atoms with Crippen LogP contribution in [0.15, 0.2) is 48.7 Å². The van der Waals surface area contributed by atoms with Crippen molar-refractivity contribution in [3.05, 3.63) is 64.9 Å². The van der Waals surface area contributed by atoms with E-state index in [1.807, 2.05) is 48.7 Å². The molecule has 0 aliphatic carbocycles. The molecule has 0 saturated carbocycles. The molecule has 4 nitrogen and oxygen atoms in total. The predicted molar refractivity (Wildman–Crippen MR) is 109 cm³/mol. The van der Waals surface area contributed by atoms with Crippen molar-refractivity contribution in [2.24, 2.45) is 0 Å². The molecule has 0 radical (unpaired) electrons. The van der Waals surface area contributed by atoms with Gasteiger partial charge in [-0.3, -0.25) is 4.98 Å². The lowest BCUT2D eigenvalue weighted by atomic mass is 10.2. The smallest absolute Gasteiger partial charge is 0.121 e. The zero-order chi connectivity index (χ0) is 19.1. The molecule has 0 amide bonds. The highest BCUT2D eigenvalue weighted by molar-refractivity contribution is 7.19. The van der Waals surface area contributed by atoms with Gasteiger partial charge in [0.15, 0.2) is 0 Å². The summed E-state index contributed by atoms with van der Waals surface area (Å²) in [5, 5.41) is 10.1.